The minimum absolute atomic E-state index is 0.104. The predicted molar refractivity (Wildman–Crippen MR) is 88.2 cm³/mol. The van der Waals surface area contributed by atoms with Crippen molar-refractivity contribution in [2.45, 2.75) is 25.4 Å². The number of likely N-dealkylation sites (tertiary alicyclic amines) is 1. The van der Waals surface area contributed by atoms with Crippen LogP contribution in [0.5, 0.6) is 0 Å². The number of nitrogens with zero attached hydrogens (tertiary/aromatic N) is 1. The quantitative estimate of drug-likeness (QED) is 0.789. The van der Waals surface area contributed by atoms with Crippen LogP contribution in [0, 0.1) is 0 Å². The molecule has 0 atom stereocenters. The molecule has 1 aliphatic rings. The second-order valence-corrected chi connectivity index (χ2v) is 6.01. The number of piperidine rings is 1. The van der Waals surface area contributed by atoms with Gasteiger partial charge in [0.15, 0.2) is 0 Å². The van der Waals surface area contributed by atoms with E-state index in [1.807, 2.05) is 12.1 Å². The van der Waals surface area contributed by atoms with E-state index in [1.165, 1.54) is 5.56 Å². The van der Waals surface area contributed by atoms with Crippen LogP contribution in [-0.2, 0) is 11.3 Å². The molecule has 5 nitrogen and oxygen atoms in total. The first-order valence-electron chi connectivity index (χ1n) is 7.67. The number of halogens is 1. The minimum atomic E-state index is -0.104. The topological polar surface area (TPSA) is 53.6 Å². The van der Waals surface area contributed by atoms with Crippen molar-refractivity contribution < 1.29 is 9.53 Å². The van der Waals surface area contributed by atoms with Gasteiger partial charge < -0.3 is 15.4 Å². The number of nitrogens with one attached hydrogen (secondary N) is 2. The van der Waals surface area contributed by atoms with Crippen LogP contribution in [0.15, 0.2) is 24.3 Å². The van der Waals surface area contributed by atoms with Crippen LogP contribution in [0.4, 0.5) is 4.79 Å². The molecule has 0 spiro atoms. The summed E-state index contributed by atoms with van der Waals surface area (Å²) in [6.07, 6.45) is 1.95. The number of amides is 2. The molecule has 1 aromatic rings. The lowest BCUT2D eigenvalue weighted by molar-refractivity contribution is 0.181. The molecule has 0 aromatic heterocycles. The van der Waals surface area contributed by atoms with Gasteiger partial charge in [0.25, 0.3) is 0 Å². The summed E-state index contributed by atoms with van der Waals surface area (Å²) in [5.74, 6) is 0. The van der Waals surface area contributed by atoms with E-state index >= 15 is 0 Å². The van der Waals surface area contributed by atoms with E-state index in [2.05, 4.69) is 27.7 Å². The summed E-state index contributed by atoms with van der Waals surface area (Å²) in [6.45, 7) is 3.99. The molecular formula is C16H24ClN3O2. The monoisotopic (exact) mass is 325 g/mol. The average Bonchev–Trinajstić information content (AvgIpc) is 2.52. The van der Waals surface area contributed by atoms with E-state index in [0.29, 0.717) is 13.2 Å². The molecule has 6 heteroatoms. The van der Waals surface area contributed by atoms with Gasteiger partial charge in [0.05, 0.1) is 6.61 Å². The number of methoxy groups -OCH3 is 1. The molecule has 22 heavy (non-hydrogen) atoms. The van der Waals surface area contributed by atoms with E-state index in [0.717, 1.165) is 37.5 Å². The maximum absolute atomic E-state index is 11.7. The first-order chi connectivity index (χ1) is 10.7. The average molecular weight is 326 g/mol. The smallest absolute Gasteiger partial charge is 0.315 e. The van der Waals surface area contributed by atoms with Gasteiger partial charge in [-0.25, -0.2) is 4.79 Å². The highest BCUT2D eigenvalue weighted by molar-refractivity contribution is 6.30. The number of rotatable bonds is 6. The Bertz CT molecular complexity index is 459. The SMILES string of the molecule is COCCNC(=O)NC1CCN(Cc2ccc(Cl)cc2)CC1. The molecule has 1 heterocycles. The van der Waals surface area contributed by atoms with Gasteiger partial charge in [-0.1, -0.05) is 23.7 Å². The lowest BCUT2D eigenvalue weighted by Crippen LogP contribution is -2.48. The molecule has 0 unspecified atom stereocenters. The van der Waals surface area contributed by atoms with Gasteiger partial charge in [-0.3, -0.25) is 4.90 Å². The van der Waals surface area contributed by atoms with Crippen molar-refractivity contribution >= 4 is 17.6 Å². The molecule has 1 fully saturated rings. The summed E-state index contributed by atoms with van der Waals surface area (Å²) in [7, 11) is 1.62. The zero-order valence-electron chi connectivity index (χ0n) is 13.0. The molecule has 2 N–H and O–H groups in total. The van der Waals surface area contributed by atoms with Gasteiger partial charge in [-0.05, 0) is 30.5 Å². The maximum atomic E-state index is 11.7. The zero-order valence-corrected chi connectivity index (χ0v) is 13.7. The molecule has 2 rings (SSSR count). The third kappa shape index (κ3) is 5.83. The largest absolute Gasteiger partial charge is 0.383 e. The molecule has 122 valence electrons. The molecule has 1 aliphatic heterocycles. The van der Waals surface area contributed by atoms with E-state index in [4.69, 9.17) is 16.3 Å². The van der Waals surface area contributed by atoms with E-state index in [-0.39, 0.29) is 12.1 Å². The highest BCUT2D eigenvalue weighted by Gasteiger charge is 2.20. The molecule has 1 saturated heterocycles. The molecule has 2 amide bonds. The maximum Gasteiger partial charge on any atom is 0.315 e. The Labute approximate surface area is 137 Å². The first kappa shape index (κ1) is 17.1. The number of urea groups is 1. The van der Waals surface area contributed by atoms with E-state index in [9.17, 15) is 4.79 Å². The number of ether oxygens (including phenoxy) is 1. The first-order valence-corrected chi connectivity index (χ1v) is 8.05. The summed E-state index contributed by atoms with van der Waals surface area (Å²) >= 11 is 5.90. The fourth-order valence-electron chi connectivity index (χ4n) is 2.59. The van der Waals surface area contributed by atoms with Gasteiger partial charge >= 0.3 is 6.03 Å². The van der Waals surface area contributed by atoms with Crippen LogP contribution in [0.3, 0.4) is 0 Å². The third-order valence-electron chi connectivity index (χ3n) is 3.83. The Morgan fingerprint density at radius 3 is 2.64 bits per heavy atom. The van der Waals surface area contributed by atoms with Crippen molar-refractivity contribution in [1.82, 2.24) is 15.5 Å². The molecule has 1 aromatic carbocycles. The van der Waals surface area contributed by atoms with Crippen molar-refractivity contribution in [3.63, 3.8) is 0 Å². The predicted octanol–water partition coefficient (Wildman–Crippen LogP) is 2.25. The van der Waals surface area contributed by atoms with Crippen LogP contribution in [0.1, 0.15) is 18.4 Å². The Morgan fingerprint density at radius 2 is 2.00 bits per heavy atom. The third-order valence-corrected chi connectivity index (χ3v) is 4.09. The Kier molecular flexibility index (Phi) is 6.96. The normalized spacial score (nSPS) is 16.5. The van der Waals surface area contributed by atoms with Crippen LogP contribution >= 0.6 is 11.6 Å². The number of hydrogen-bond acceptors (Lipinski definition) is 3. The lowest BCUT2D eigenvalue weighted by atomic mass is 10.0. The van der Waals surface area contributed by atoms with Crippen molar-refractivity contribution in [3.8, 4) is 0 Å². The number of carbonyl (C=O) groups excluding carboxylic acids is 1. The number of carbonyl (C=O) groups is 1. The lowest BCUT2D eigenvalue weighted by Gasteiger charge is -2.32. The second-order valence-electron chi connectivity index (χ2n) is 5.57. The van der Waals surface area contributed by atoms with Crippen LogP contribution < -0.4 is 10.6 Å². The second kappa shape index (κ2) is 8.98. The van der Waals surface area contributed by atoms with Gasteiger partial charge in [-0.2, -0.15) is 0 Å². The molecule has 0 aliphatic carbocycles. The fourth-order valence-corrected chi connectivity index (χ4v) is 2.71. The van der Waals surface area contributed by atoms with Crippen molar-refractivity contribution in [3.05, 3.63) is 34.9 Å². The van der Waals surface area contributed by atoms with Crippen LogP contribution in [0.2, 0.25) is 5.02 Å². The van der Waals surface area contributed by atoms with Crippen molar-refractivity contribution in [2.75, 3.05) is 33.4 Å². The highest BCUT2D eigenvalue weighted by atomic mass is 35.5. The summed E-state index contributed by atoms with van der Waals surface area (Å²) in [4.78, 5) is 14.1. The Morgan fingerprint density at radius 1 is 1.32 bits per heavy atom. The summed E-state index contributed by atoms with van der Waals surface area (Å²) in [6, 6.07) is 8.13. The van der Waals surface area contributed by atoms with Crippen LogP contribution in [0.25, 0.3) is 0 Å². The summed E-state index contributed by atoms with van der Waals surface area (Å²) in [5, 5.41) is 6.58. The molecule has 0 saturated carbocycles. The number of benzene rings is 1. The van der Waals surface area contributed by atoms with Crippen molar-refractivity contribution in [2.24, 2.45) is 0 Å². The molecule has 0 radical (unpaired) electrons. The van der Waals surface area contributed by atoms with Gasteiger partial charge in [0, 0.05) is 44.4 Å². The summed E-state index contributed by atoms with van der Waals surface area (Å²) in [5.41, 5.74) is 1.27. The number of hydrogen-bond donors (Lipinski definition) is 2. The van der Waals surface area contributed by atoms with E-state index < -0.39 is 0 Å². The summed E-state index contributed by atoms with van der Waals surface area (Å²) < 4.78 is 4.90. The molecule has 0 bridgehead atoms. The fraction of sp³-hybridized carbons (Fsp3) is 0.562. The highest BCUT2D eigenvalue weighted by Crippen LogP contribution is 2.15. The molecular weight excluding hydrogens is 302 g/mol. The van der Waals surface area contributed by atoms with Gasteiger partial charge in [-0.15, -0.1) is 0 Å². The van der Waals surface area contributed by atoms with Gasteiger partial charge in [0.2, 0.25) is 0 Å². The standard InChI is InChI=1S/C16H24ClN3O2/c1-22-11-8-18-16(21)19-15-6-9-20(10-7-15)12-13-2-4-14(17)5-3-13/h2-5,15H,6-12H2,1H3,(H2,18,19,21). The van der Waals surface area contributed by atoms with Gasteiger partial charge in [0.1, 0.15) is 0 Å². The zero-order chi connectivity index (χ0) is 15.8. The van der Waals surface area contributed by atoms with Crippen molar-refractivity contribution in [1.29, 1.82) is 0 Å². The minimum Gasteiger partial charge on any atom is -0.383 e. The Hall–Kier alpha value is -1.30. The van der Waals surface area contributed by atoms with E-state index in [1.54, 1.807) is 7.11 Å². The van der Waals surface area contributed by atoms with Crippen LogP contribution in [-0.4, -0.2) is 50.3 Å². The Balaban J connectivity index is 1.67.